The third kappa shape index (κ3) is 2.99. The number of hydrogen-bond donors (Lipinski definition) is 1. The lowest BCUT2D eigenvalue weighted by Gasteiger charge is -2.38. The van der Waals surface area contributed by atoms with Gasteiger partial charge in [-0.1, -0.05) is 20.8 Å². The second kappa shape index (κ2) is 3.66. The van der Waals surface area contributed by atoms with E-state index in [0.717, 1.165) is 0 Å². The fraction of sp³-hybridized carbons (Fsp3) is 0.900. The van der Waals surface area contributed by atoms with Gasteiger partial charge in [-0.3, -0.25) is 4.79 Å². The van der Waals surface area contributed by atoms with Crippen molar-refractivity contribution in [3.8, 4) is 0 Å². The summed E-state index contributed by atoms with van der Waals surface area (Å²) < 4.78 is 0. The molecule has 0 atom stereocenters. The van der Waals surface area contributed by atoms with E-state index in [0.29, 0.717) is 6.54 Å². The Balaban J connectivity index is 4.62. The van der Waals surface area contributed by atoms with E-state index in [1.807, 2.05) is 34.6 Å². The van der Waals surface area contributed by atoms with Gasteiger partial charge in [0, 0.05) is 24.5 Å². The smallest absolute Gasteiger partial charge is 0.228 e. The SMILES string of the molecule is CN(C(=O)C(C)(C)C)C(C)(C)CN. The van der Waals surface area contributed by atoms with Gasteiger partial charge in [-0.15, -0.1) is 0 Å². The van der Waals surface area contributed by atoms with Crippen LogP contribution in [0, 0.1) is 5.41 Å². The third-order valence-electron chi connectivity index (χ3n) is 2.35. The van der Waals surface area contributed by atoms with Crippen LogP contribution in [0.5, 0.6) is 0 Å². The van der Waals surface area contributed by atoms with Crippen LogP contribution < -0.4 is 5.73 Å². The largest absolute Gasteiger partial charge is 0.339 e. The summed E-state index contributed by atoms with van der Waals surface area (Å²) in [6, 6.07) is 0. The molecule has 0 aliphatic rings. The fourth-order valence-electron chi connectivity index (χ4n) is 0.915. The molecule has 78 valence electrons. The lowest BCUT2D eigenvalue weighted by molar-refractivity contribution is -0.142. The van der Waals surface area contributed by atoms with Gasteiger partial charge in [0.25, 0.3) is 0 Å². The van der Waals surface area contributed by atoms with Crippen LogP contribution in [-0.4, -0.2) is 29.9 Å². The van der Waals surface area contributed by atoms with E-state index in [4.69, 9.17) is 5.73 Å². The predicted molar refractivity (Wildman–Crippen MR) is 55.4 cm³/mol. The summed E-state index contributed by atoms with van der Waals surface area (Å²) in [7, 11) is 1.81. The molecular weight excluding hydrogens is 164 g/mol. The average molecular weight is 186 g/mol. The van der Waals surface area contributed by atoms with Crippen LogP contribution in [0.2, 0.25) is 0 Å². The molecule has 0 aromatic rings. The van der Waals surface area contributed by atoms with Gasteiger partial charge in [0.05, 0.1) is 0 Å². The summed E-state index contributed by atoms with van der Waals surface area (Å²) in [5.41, 5.74) is 5.00. The first-order valence-corrected chi connectivity index (χ1v) is 4.61. The third-order valence-corrected chi connectivity index (χ3v) is 2.35. The molecule has 0 aliphatic heterocycles. The van der Waals surface area contributed by atoms with Gasteiger partial charge in [0.1, 0.15) is 0 Å². The van der Waals surface area contributed by atoms with E-state index in [9.17, 15) is 4.79 Å². The highest BCUT2D eigenvalue weighted by Crippen LogP contribution is 2.21. The molecule has 0 aromatic carbocycles. The van der Waals surface area contributed by atoms with Gasteiger partial charge < -0.3 is 10.6 Å². The maximum absolute atomic E-state index is 11.8. The lowest BCUT2D eigenvalue weighted by atomic mass is 9.92. The van der Waals surface area contributed by atoms with Crippen LogP contribution in [0.15, 0.2) is 0 Å². The summed E-state index contributed by atoms with van der Waals surface area (Å²) in [6.45, 7) is 10.2. The molecule has 3 heteroatoms. The zero-order valence-corrected chi connectivity index (χ0v) is 9.64. The van der Waals surface area contributed by atoms with Gasteiger partial charge in [0.2, 0.25) is 5.91 Å². The first-order valence-electron chi connectivity index (χ1n) is 4.61. The zero-order chi connectivity index (χ0) is 10.9. The van der Waals surface area contributed by atoms with E-state index in [-0.39, 0.29) is 16.9 Å². The van der Waals surface area contributed by atoms with E-state index in [2.05, 4.69) is 0 Å². The number of likely N-dealkylation sites (N-methyl/N-ethyl adjacent to an activating group) is 1. The highest BCUT2D eigenvalue weighted by molar-refractivity contribution is 5.81. The second-order valence-electron chi connectivity index (χ2n) is 5.13. The predicted octanol–water partition coefficient (Wildman–Crippen LogP) is 1.23. The Hall–Kier alpha value is -0.570. The highest BCUT2D eigenvalue weighted by Gasteiger charge is 2.32. The van der Waals surface area contributed by atoms with Crippen molar-refractivity contribution >= 4 is 5.91 Å². The monoisotopic (exact) mass is 186 g/mol. The van der Waals surface area contributed by atoms with Crippen molar-refractivity contribution < 1.29 is 4.79 Å². The highest BCUT2D eigenvalue weighted by atomic mass is 16.2. The molecule has 2 N–H and O–H groups in total. The van der Waals surface area contributed by atoms with Crippen LogP contribution in [0.4, 0.5) is 0 Å². The molecule has 0 spiro atoms. The van der Waals surface area contributed by atoms with Crippen molar-refractivity contribution in [3.63, 3.8) is 0 Å². The standard InChI is InChI=1S/C10H22N2O/c1-9(2,3)8(13)12(6)10(4,5)7-11/h7,11H2,1-6H3. The van der Waals surface area contributed by atoms with Crippen LogP contribution in [0.1, 0.15) is 34.6 Å². The Bertz CT molecular complexity index is 192. The molecule has 0 radical (unpaired) electrons. The van der Waals surface area contributed by atoms with Crippen LogP contribution in [0.3, 0.4) is 0 Å². The lowest BCUT2D eigenvalue weighted by Crippen LogP contribution is -2.53. The Morgan fingerprint density at radius 1 is 1.23 bits per heavy atom. The maximum Gasteiger partial charge on any atom is 0.228 e. The number of rotatable bonds is 2. The summed E-state index contributed by atoms with van der Waals surface area (Å²) in [4.78, 5) is 13.6. The quantitative estimate of drug-likeness (QED) is 0.705. The number of nitrogens with two attached hydrogens (primary N) is 1. The Kier molecular flexibility index (Phi) is 3.50. The normalized spacial score (nSPS) is 12.8. The Morgan fingerprint density at radius 3 is 1.85 bits per heavy atom. The van der Waals surface area contributed by atoms with Gasteiger partial charge in [-0.25, -0.2) is 0 Å². The second-order valence-corrected chi connectivity index (χ2v) is 5.13. The van der Waals surface area contributed by atoms with E-state index < -0.39 is 0 Å². The van der Waals surface area contributed by atoms with E-state index >= 15 is 0 Å². The molecular formula is C10H22N2O. The molecule has 0 fully saturated rings. The van der Waals surface area contributed by atoms with Crippen LogP contribution >= 0.6 is 0 Å². The van der Waals surface area contributed by atoms with Gasteiger partial charge in [-0.05, 0) is 13.8 Å². The molecule has 3 nitrogen and oxygen atoms in total. The number of nitrogens with zero attached hydrogens (tertiary/aromatic N) is 1. The molecule has 0 aliphatic carbocycles. The number of carbonyl (C=O) groups excluding carboxylic acids is 1. The zero-order valence-electron chi connectivity index (χ0n) is 9.64. The van der Waals surface area contributed by atoms with Crippen molar-refractivity contribution in [1.82, 2.24) is 4.90 Å². The number of carbonyl (C=O) groups is 1. The van der Waals surface area contributed by atoms with E-state index in [1.54, 1.807) is 11.9 Å². The first kappa shape index (κ1) is 12.4. The summed E-state index contributed by atoms with van der Waals surface area (Å²) in [6.07, 6.45) is 0. The average Bonchev–Trinajstić information content (AvgIpc) is 2.00. The van der Waals surface area contributed by atoms with Gasteiger partial charge in [0.15, 0.2) is 0 Å². The molecule has 1 amide bonds. The number of amides is 1. The maximum atomic E-state index is 11.8. The minimum Gasteiger partial charge on any atom is -0.339 e. The van der Waals surface area contributed by atoms with E-state index in [1.165, 1.54) is 0 Å². The molecule has 0 bridgehead atoms. The van der Waals surface area contributed by atoms with Crippen molar-refractivity contribution in [2.75, 3.05) is 13.6 Å². The molecule has 0 rings (SSSR count). The summed E-state index contributed by atoms with van der Waals surface area (Å²) in [5, 5.41) is 0. The Morgan fingerprint density at radius 2 is 1.62 bits per heavy atom. The number of hydrogen-bond acceptors (Lipinski definition) is 2. The first-order chi connectivity index (χ1) is 5.63. The van der Waals surface area contributed by atoms with Crippen molar-refractivity contribution in [1.29, 1.82) is 0 Å². The molecule has 0 saturated heterocycles. The topological polar surface area (TPSA) is 46.3 Å². The van der Waals surface area contributed by atoms with Crippen LogP contribution in [-0.2, 0) is 4.79 Å². The molecule has 0 saturated carbocycles. The van der Waals surface area contributed by atoms with Crippen molar-refractivity contribution in [3.05, 3.63) is 0 Å². The van der Waals surface area contributed by atoms with Gasteiger partial charge >= 0.3 is 0 Å². The summed E-state index contributed by atoms with van der Waals surface area (Å²) >= 11 is 0. The van der Waals surface area contributed by atoms with Crippen molar-refractivity contribution in [2.45, 2.75) is 40.2 Å². The molecule has 0 aromatic heterocycles. The summed E-state index contributed by atoms with van der Waals surface area (Å²) in [5.74, 6) is 0.128. The molecule has 0 unspecified atom stereocenters. The Labute approximate surface area is 81.3 Å². The van der Waals surface area contributed by atoms with Gasteiger partial charge in [-0.2, -0.15) is 0 Å². The fourth-order valence-corrected chi connectivity index (χ4v) is 0.915. The van der Waals surface area contributed by atoms with Crippen molar-refractivity contribution in [2.24, 2.45) is 11.1 Å². The molecule has 13 heavy (non-hydrogen) atoms. The van der Waals surface area contributed by atoms with Crippen LogP contribution in [0.25, 0.3) is 0 Å². The minimum atomic E-state index is -0.332. The molecule has 0 heterocycles. The minimum absolute atomic E-state index is 0.128.